The minimum absolute atomic E-state index is 0.00722. The SMILES string of the molecule is Cc1ccc(C(=O)N[C@H](CO)C(=O)O)cc1F. The van der Waals surface area contributed by atoms with E-state index in [0.717, 1.165) is 6.07 Å². The lowest BCUT2D eigenvalue weighted by atomic mass is 10.1. The van der Waals surface area contributed by atoms with Gasteiger partial charge in [-0.25, -0.2) is 9.18 Å². The molecule has 1 amide bonds. The van der Waals surface area contributed by atoms with Crippen LogP contribution in [0.1, 0.15) is 15.9 Å². The van der Waals surface area contributed by atoms with Gasteiger partial charge in [-0.15, -0.1) is 0 Å². The average Bonchev–Trinajstić information content (AvgIpc) is 2.28. The highest BCUT2D eigenvalue weighted by atomic mass is 19.1. The first-order valence-corrected chi connectivity index (χ1v) is 4.86. The first-order chi connectivity index (χ1) is 7.95. The van der Waals surface area contributed by atoms with E-state index < -0.39 is 30.3 Å². The Morgan fingerprint density at radius 2 is 2.12 bits per heavy atom. The number of aliphatic hydroxyl groups excluding tert-OH is 1. The van der Waals surface area contributed by atoms with Crippen molar-refractivity contribution in [1.29, 1.82) is 0 Å². The molecule has 92 valence electrons. The quantitative estimate of drug-likeness (QED) is 0.708. The van der Waals surface area contributed by atoms with Crippen LogP contribution in [0.5, 0.6) is 0 Å². The second-order valence-corrected chi connectivity index (χ2v) is 3.51. The molecule has 0 radical (unpaired) electrons. The Labute approximate surface area is 96.9 Å². The highest BCUT2D eigenvalue weighted by Gasteiger charge is 2.19. The van der Waals surface area contributed by atoms with Gasteiger partial charge in [0.05, 0.1) is 6.61 Å². The number of hydrogen-bond donors (Lipinski definition) is 3. The highest BCUT2D eigenvalue weighted by molar-refractivity contribution is 5.96. The summed E-state index contributed by atoms with van der Waals surface area (Å²) in [6.07, 6.45) is 0. The molecule has 17 heavy (non-hydrogen) atoms. The molecule has 0 fully saturated rings. The number of nitrogens with one attached hydrogen (secondary N) is 1. The number of carboxylic acids is 1. The number of carboxylic acid groups (broad SMARTS) is 1. The van der Waals surface area contributed by atoms with Gasteiger partial charge in [0, 0.05) is 5.56 Å². The second-order valence-electron chi connectivity index (χ2n) is 3.51. The number of carbonyl (C=O) groups excluding carboxylic acids is 1. The van der Waals surface area contributed by atoms with Crippen molar-refractivity contribution in [3.8, 4) is 0 Å². The third-order valence-corrected chi connectivity index (χ3v) is 2.22. The zero-order valence-electron chi connectivity index (χ0n) is 9.11. The van der Waals surface area contributed by atoms with E-state index in [1.807, 2.05) is 0 Å². The summed E-state index contributed by atoms with van der Waals surface area (Å²) in [7, 11) is 0. The van der Waals surface area contributed by atoms with Crippen molar-refractivity contribution in [2.24, 2.45) is 0 Å². The molecule has 0 heterocycles. The zero-order valence-corrected chi connectivity index (χ0v) is 9.11. The number of rotatable bonds is 4. The molecule has 0 unspecified atom stereocenters. The van der Waals surface area contributed by atoms with Gasteiger partial charge in [0.2, 0.25) is 0 Å². The molecule has 0 aliphatic rings. The normalized spacial score (nSPS) is 11.9. The van der Waals surface area contributed by atoms with Gasteiger partial charge in [0.25, 0.3) is 5.91 Å². The van der Waals surface area contributed by atoms with Crippen LogP contribution in [0.3, 0.4) is 0 Å². The Morgan fingerprint density at radius 3 is 2.59 bits per heavy atom. The van der Waals surface area contributed by atoms with Crippen molar-refractivity contribution >= 4 is 11.9 Å². The van der Waals surface area contributed by atoms with E-state index in [4.69, 9.17) is 10.2 Å². The topological polar surface area (TPSA) is 86.6 Å². The molecule has 1 aromatic carbocycles. The Bertz CT molecular complexity index is 447. The lowest BCUT2D eigenvalue weighted by Gasteiger charge is -2.11. The predicted octanol–water partition coefficient (Wildman–Crippen LogP) is 0.309. The third kappa shape index (κ3) is 3.25. The third-order valence-electron chi connectivity index (χ3n) is 2.22. The molecule has 0 saturated heterocycles. The summed E-state index contributed by atoms with van der Waals surface area (Å²) in [5.41, 5.74) is 0.395. The molecule has 0 saturated carbocycles. The summed E-state index contributed by atoms with van der Waals surface area (Å²) < 4.78 is 13.2. The highest BCUT2D eigenvalue weighted by Crippen LogP contribution is 2.09. The van der Waals surface area contributed by atoms with Crippen LogP contribution < -0.4 is 5.32 Å². The fraction of sp³-hybridized carbons (Fsp3) is 0.273. The van der Waals surface area contributed by atoms with Gasteiger partial charge in [-0.2, -0.15) is 0 Å². The number of aliphatic carboxylic acids is 1. The van der Waals surface area contributed by atoms with Gasteiger partial charge in [-0.05, 0) is 24.6 Å². The van der Waals surface area contributed by atoms with E-state index in [9.17, 15) is 14.0 Å². The molecule has 0 spiro atoms. The van der Waals surface area contributed by atoms with Gasteiger partial charge in [0.15, 0.2) is 6.04 Å². The van der Waals surface area contributed by atoms with Crippen LogP contribution in [-0.4, -0.2) is 34.7 Å². The van der Waals surface area contributed by atoms with Gasteiger partial charge >= 0.3 is 5.97 Å². The van der Waals surface area contributed by atoms with Gasteiger partial charge < -0.3 is 15.5 Å². The Morgan fingerprint density at radius 1 is 1.47 bits per heavy atom. The second kappa shape index (κ2) is 5.40. The molecule has 1 atom stereocenters. The number of aryl methyl sites for hydroxylation is 1. The number of benzene rings is 1. The number of aliphatic hydroxyl groups is 1. The minimum atomic E-state index is -1.40. The first-order valence-electron chi connectivity index (χ1n) is 4.86. The molecular formula is C11H12FNO4. The van der Waals surface area contributed by atoms with Crippen molar-refractivity contribution in [2.45, 2.75) is 13.0 Å². The Hall–Kier alpha value is -1.95. The van der Waals surface area contributed by atoms with Crippen LogP contribution in [-0.2, 0) is 4.79 Å². The zero-order chi connectivity index (χ0) is 13.0. The molecule has 0 aliphatic carbocycles. The monoisotopic (exact) mass is 241 g/mol. The first kappa shape index (κ1) is 13.1. The maximum atomic E-state index is 13.2. The minimum Gasteiger partial charge on any atom is -0.480 e. The molecule has 3 N–H and O–H groups in total. The van der Waals surface area contributed by atoms with E-state index >= 15 is 0 Å². The van der Waals surface area contributed by atoms with Gasteiger partial charge in [-0.3, -0.25) is 4.79 Å². The fourth-order valence-corrected chi connectivity index (χ4v) is 1.16. The van der Waals surface area contributed by atoms with Gasteiger partial charge in [-0.1, -0.05) is 6.07 Å². The maximum absolute atomic E-state index is 13.2. The molecular weight excluding hydrogens is 229 g/mol. The lowest BCUT2D eigenvalue weighted by Crippen LogP contribution is -2.43. The number of halogens is 1. The van der Waals surface area contributed by atoms with E-state index in [1.54, 1.807) is 6.92 Å². The Kier molecular flexibility index (Phi) is 4.17. The molecule has 1 rings (SSSR count). The van der Waals surface area contributed by atoms with E-state index in [0.29, 0.717) is 5.56 Å². The smallest absolute Gasteiger partial charge is 0.328 e. The Balaban J connectivity index is 2.82. The standard InChI is InChI=1S/C11H12FNO4/c1-6-2-3-7(4-8(6)12)10(15)13-9(5-14)11(16)17/h2-4,9,14H,5H2,1H3,(H,13,15)(H,16,17)/t9-/m1/s1. The molecule has 5 nitrogen and oxygen atoms in total. The van der Waals surface area contributed by atoms with Crippen molar-refractivity contribution in [1.82, 2.24) is 5.32 Å². The van der Waals surface area contributed by atoms with E-state index in [2.05, 4.69) is 5.32 Å². The van der Waals surface area contributed by atoms with Crippen LogP contribution >= 0.6 is 0 Å². The van der Waals surface area contributed by atoms with E-state index in [1.165, 1.54) is 12.1 Å². The van der Waals surface area contributed by atoms with Gasteiger partial charge in [0.1, 0.15) is 5.82 Å². The van der Waals surface area contributed by atoms with Crippen molar-refractivity contribution in [3.05, 3.63) is 35.1 Å². The number of amides is 1. The predicted molar refractivity (Wildman–Crippen MR) is 57.1 cm³/mol. The molecule has 1 aromatic rings. The number of hydrogen-bond acceptors (Lipinski definition) is 3. The maximum Gasteiger partial charge on any atom is 0.328 e. The fourth-order valence-electron chi connectivity index (χ4n) is 1.16. The summed E-state index contributed by atoms with van der Waals surface area (Å²) in [6, 6.07) is 2.41. The van der Waals surface area contributed by atoms with Crippen LogP contribution in [0, 0.1) is 12.7 Å². The molecule has 0 aliphatic heterocycles. The molecule has 0 bridgehead atoms. The lowest BCUT2D eigenvalue weighted by molar-refractivity contribution is -0.140. The summed E-state index contributed by atoms with van der Waals surface area (Å²) >= 11 is 0. The van der Waals surface area contributed by atoms with E-state index in [-0.39, 0.29) is 5.56 Å². The molecule has 0 aromatic heterocycles. The largest absolute Gasteiger partial charge is 0.480 e. The average molecular weight is 241 g/mol. The summed E-state index contributed by atoms with van der Waals surface area (Å²) in [5.74, 6) is -2.65. The van der Waals surface area contributed by atoms with Crippen molar-refractivity contribution in [3.63, 3.8) is 0 Å². The van der Waals surface area contributed by atoms with Crippen LogP contribution in [0.25, 0.3) is 0 Å². The van der Waals surface area contributed by atoms with Crippen molar-refractivity contribution in [2.75, 3.05) is 6.61 Å². The summed E-state index contributed by atoms with van der Waals surface area (Å²) in [6.45, 7) is 0.820. The number of carbonyl (C=O) groups is 2. The van der Waals surface area contributed by atoms with Crippen LogP contribution in [0.15, 0.2) is 18.2 Å². The van der Waals surface area contributed by atoms with Crippen molar-refractivity contribution < 1.29 is 24.2 Å². The molecule has 6 heteroatoms. The summed E-state index contributed by atoms with van der Waals surface area (Å²) in [5, 5.41) is 19.4. The van der Waals surface area contributed by atoms with Crippen LogP contribution in [0.4, 0.5) is 4.39 Å². The van der Waals surface area contributed by atoms with Crippen LogP contribution in [0.2, 0.25) is 0 Å². The summed E-state index contributed by atoms with van der Waals surface area (Å²) in [4.78, 5) is 22.1.